The number of amides is 1. The average Bonchev–Trinajstić information content (AvgIpc) is 3.25. The number of guanidine groups is 1. The summed E-state index contributed by atoms with van der Waals surface area (Å²) in [6, 6.07) is 4.79. The first-order chi connectivity index (χ1) is 14.4. The topological polar surface area (TPSA) is 60.4 Å². The molecule has 2 fully saturated rings. The number of ether oxygens (including phenoxy) is 1. The monoisotopic (exact) mass is 567 g/mol. The third-order valence-corrected chi connectivity index (χ3v) is 5.84. The second-order valence-corrected chi connectivity index (χ2v) is 8.31. The van der Waals surface area contributed by atoms with Gasteiger partial charge in [0.1, 0.15) is 12.4 Å². The molecule has 1 N–H and O–H groups in total. The normalized spacial score (nSPS) is 19.8. The molecule has 174 valence electrons. The predicted octanol–water partition coefficient (Wildman–Crippen LogP) is 2.43. The summed E-state index contributed by atoms with van der Waals surface area (Å²) in [5.41, 5.74) is 0.537. The summed E-state index contributed by atoms with van der Waals surface area (Å²) in [5.74, 6) is 0.413. The summed E-state index contributed by atoms with van der Waals surface area (Å²) in [4.78, 5) is 22.4. The maximum absolute atomic E-state index is 14.1. The molecule has 31 heavy (non-hydrogen) atoms. The first kappa shape index (κ1) is 26.1. The lowest BCUT2D eigenvalue weighted by atomic mass is 10.2. The molecule has 2 aliphatic heterocycles. The Morgan fingerprint density at radius 2 is 2.06 bits per heavy atom. The highest BCUT2D eigenvalue weighted by atomic mass is 127. The number of rotatable bonds is 6. The van der Waals surface area contributed by atoms with E-state index in [-0.39, 0.29) is 48.3 Å². The molecular formula is C21H32ClFIN5O2. The molecule has 2 saturated heterocycles. The first-order valence-corrected chi connectivity index (χ1v) is 10.8. The summed E-state index contributed by atoms with van der Waals surface area (Å²) >= 11 is 6.17. The number of benzene rings is 1. The van der Waals surface area contributed by atoms with Crippen LogP contribution in [0.5, 0.6) is 0 Å². The smallest absolute Gasteiger partial charge is 0.243 e. The molecule has 1 aromatic carbocycles. The third-order valence-electron chi connectivity index (χ3n) is 5.49. The van der Waals surface area contributed by atoms with Crippen molar-refractivity contribution in [2.24, 2.45) is 4.99 Å². The molecule has 0 spiro atoms. The van der Waals surface area contributed by atoms with Crippen molar-refractivity contribution < 1.29 is 13.9 Å². The molecule has 10 heteroatoms. The van der Waals surface area contributed by atoms with Crippen LogP contribution in [-0.2, 0) is 16.1 Å². The minimum Gasteiger partial charge on any atom is -0.376 e. The summed E-state index contributed by atoms with van der Waals surface area (Å²) in [5, 5.41) is 3.85. The summed E-state index contributed by atoms with van der Waals surface area (Å²) in [6.07, 6.45) is 2.30. The van der Waals surface area contributed by atoms with Gasteiger partial charge in [0.05, 0.1) is 6.10 Å². The van der Waals surface area contributed by atoms with Crippen molar-refractivity contribution in [1.29, 1.82) is 0 Å². The van der Waals surface area contributed by atoms with E-state index in [0.717, 1.165) is 51.6 Å². The molecule has 1 atom stereocenters. The lowest BCUT2D eigenvalue weighted by Crippen LogP contribution is -2.53. The van der Waals surface area contributed by atoms with Crippen LogP contribution in [0.2, 0.25) is 5.02 Å². The Hall–Kier alpha value is -1.17. The van der Waals surface area contributed by atoms with E-state index in [1.54, 1.807) is 26.2 Å². The number of piperazine rings is 1. The molecule has 7 nitrogen and oxygen atoms in total. The van der Waals surface area contributed by atoms with Crippen molar-refractivity contribution in [2.45, 2.75) is 25.5 Å². The quantitative estimate of drug-likeness (QED) is 0.325. The lowest BCUT2D eigenvalue weighted by molar-refractivity contribution is -0.127. The van der Waals surface area contributed by atoms with E-state index in [9.17, 15) is 9.18 Å². The standard InChI is InChI=1S/C21H31ClFN5O2.HI/c1-26(2)20(29)14-25-21(24-13-16-5-4-12-30-16)28-10-8-27(9-11-28)15-17-18(22)6-3-7-19(17)23;/h3,6-7,16H,4-5,8-15H2,1-2H3,(H,24,25);1H. The maximum Gasteiger partial charge on any atom is 0.243 e. The van der Waals surface area contributed by atoms with Crippen molar-refractivity contribution in [3.05, 3.63) is 34.6 Å². The summed E-state index contributed by atoms with van der Waals surface area (Å²) in [6.45, 7) is 5.05. The Kier molecular flexibility index (Phi) is 10.7. The Morgan fingerprint density at radius 1 is 1.32 bits per heavy atom. The van der Waals surface area contributed by atoms with Gasteiger partial charge in [-0.3, -0.25) is 9.69 Å². The zero-order valence-corrected chi connectivity index (χ0v) is 21.2. The van der Waals surface area contributed by atoms with Crippen LogP contribution in [0.25, 0.3) is 0 Å². The van der Waals surface area contributed by atoms with Gasteiger partial charge in [0.25, 0.3) is 0 Å². The largest absolute Gasteiger partial charge is 0.376 e. The Balaban J connectivity index is 0.00000341. The number of halogens is 3. The van der Waals surface area contributed by atoms with Crippen LogP contribution >= 0.6 is 35.6 Å². The summed E-state index contributed by atoms with van der Waals surface area (Å²) in [7, 11) is 3.45. The van der Waals surface area contributed by atoms with E-state index < -0.39 is 0 Å². The lowest BCUT2D eigenvalue weighted by Gasteiger charge is -2.37. The van der Waals surface area contributed by atoms with Gasteiger partial charge in [0, 0.05) is 70.6 Å². The van der Waals surface area contributed by atoms with E-state index in [1.165, 1.54) is 11.0 Å². The van der Waals surface area contributed by atoms with Crippen molar-refractivity contribution in [3.63, 3.8) is 0 Å². The van der Waals surface area contributed by atoms with Gasteiger partial charge in [0.15, 0.2) is 5.96 Å². The second kappa shape index (κ2) is 12.8. The Bertz CT molecular complexity index is 733. The van der Waals surface area contributed by atoms with Gasteiger partial charge in [-0.2, -0.15) is 0 Å². The highest BCUT2D eigenvalue weighted by molar-refractivity contribution is 14.0. The van der Waals surface area contributed by atoms with Crippen molar-refractivity contribution in [2.75, 3.05) is 60.0 Å². The van der Waals surface area contributed by atoms with E-state index in [1.807, 2.05) is 0 Å². The number of carbonyl (C=O) groups excluding carboxylic acids is 1. The zero-order valence-electron chi connectivity index (χ0n) is 18.1. The van der Waals surface area contributed by atoms with Crippen LogP contribution in [0, 0.1) is 5.82 Å². The highest BCUT2D eigenvalue weighted by Crippen LogP contribution is 2.21. The van der Waals surface area contributed by atoms with Gasteiger partial charge in [-0.05, 0) is 25.0 Å². The predicted molar refractivity (Wildman–Crippen MR) is 132 cm³/mol. The fourth-order valence-corrected chi connectivity index (χ4v) is 3.81. The molecule has 1 unspecified atom stereocenters. The molecule has 1 aromatic rings. The minimum atomic E-state index is -0.271. The fourth-order valence-electron chi connectivity index (χ4n) is 3.59. The molecule has 0 bridgehead atoms. The number of likely N-dealkylation sites (N-methyl/N-ethyl adjacent to an activating group) is 1. The van der Waals surface area contributed by atoms with Gasteiger partial charge in [-0.25, -0.2) is 9.38 Å². The molecular weight excluding hydrogens is 536 g/mol. The first-order valence-electron chi connectivity index (χ1n) is 10.4. The number of carbonyl (C=O) groups is 1. The van der Waals surface area contributed by atoms with Gasteiger partial charge >= 0.3 is 0 Å². The van der Waals surface area contributed by atoms with E-state index in [2.05, 4.69) is 20.1 Å². The maximum atomic E-state index is 14.1. The highest BCUT2D eigenvalue weighted by Gasteiger charge is 2.23. The number of hydrogen-bond acceptors (Lipinski definition) is 4. The van der Waals surface area contributed by atoms with E-state index >= 15 is 0 Å². The third kappa shape index (κ3) is 7.73. The van der Waals surface area contributed by atoms with Gasteiger partial charge < -0.3 is 19.9 Å². The van der Waals surface area contributed by atoms with Crippen LogP contribution < -0.4 is 5.32 Å². The number of nitrogens with zero attached hydrogens (tertiary/aromatic N) is 4. The van der Waals surface area contributed by atoms with Crippen LogP contribution in [0.15, 0.2) is 23.2 Å². The van der Waals surface area contributed by atoms with Crippen LogP contribution in [0.4, 0.5) is 4.39 Å². The van der Waals surface area contributed by atoms with Crippen LogP contribution in [0.3, 0.4) is 0 Å². The molecule has 0 aliphatic carbocycles. The average molecular weight is 568 g/mol. The molecule has 2 heterocycles. The number of aliphatic imine (C=N–C) groups is 1. The molecule has 2 aliphatic rings. The molecule has 1 amide bonds. The zero-order chi connectivity index (χ0) is 21.5. The van der Waals surface area contributed by atoms with Crippen LogP contribution in [-0.4, -0.2) is 92.6 Å². The van der Waals surface area contributed by atoms with E-state index in [4.69, 9.17) is 16.3 Å². The van der Waals surface area contributed by atoms with Crippen LogP contribution in [0.1, 0.15) is 18.4 Å². The molecule has 3 rings (SSSR count). The second-order valence-electron chi connectivity index (χ2n) is 7.91. The van der Waals surface area contributed by atoms with E-state index in [0.29, 0.717) is 23.7 Å². The molecule has 0 aromatic heterocycles. The van der Waals surface area contributed by atoms with Gasteiger partial charge in [-0.15, -0.1) is 24.0 Å². The molecule has 0 radical (unpaired) electrons. The molecule has 0 saturated carbocycles. The Labute approximate surface area is 206 Å². The van der Waals surface area contributed by atoms with Gasteiger partial charge in [-0.1, -0.05) is 17.7 Å². The van der Waals surface area contributed by atoms with Crippen molar-refractivity contribution >= 4 is 47.4 Å². The SMILES string of the molecule is CN(C)C(=O)CN=C(NCC1CCCO1)N1CCN(Cc2c(F)cccc2Cl)CC1.I. The minimum absolute atomic E-state index is 0. The van der Waals surface area contributed by atoms with Gasteiger partial charge in [0.2, 0.25) is 5.91 Å². The number of nitrogens with one attached hydrogen (secondary N) is 1. The summed E-state index contributed by atoms with van der Waals surface area (Å²) < 4.78 is 19.8. The fraction of sp³-hybridized carbons (Fsp3) is 0.619. The van der Waals surface area contributed by atoms with Crippen molar-refractivity contribution in [1.82, 2.24) is 20.0 Å². The Morgan fingerprint density at radius 3 is 2.68 bits per heavy atom. The van der Waals surface area contributed by atoms with Crippen molar-refractivity contribution in [3.8, 4) is 0 Å². The number of hydrogen-bond donors (Lipinski definition) is 1.